The fourth-order valence-electron chi connectivity index (χ4n) is 2.15. The standard InChI is InChI=1S/C18H16ClN3O2/c1-13(23)22(17-8-2-14(12-20)3-9-17)11-10-18(24)21-16-6-4-15(19)5-7-16/h2-9H,10-11H2,1H3,(H,21,24). The zero-order valence-corrected chi connectivity index (χ0v) is 13.9. The van der Waals surface area contributed by atoms with Gasteiger partial charge in [-0.1, -0.05) is 11.6 Å². The summed E-state index contributed by atoms with van der Waals surface area (Å²) in [4.78, 5) is 25.4. The number of halogens is 1. The minimum absolute atomic E-state index is 0.155. The summed E-state index contributed by atoms with van der Waals surface area (Å²) in [5.74, 6) is -0.365. The maximum atomic E-state index is 12.0. The van der Waals surface area contributed by atoms with E-state index in [2.05, 4.69) is 5.32 Å². The van der Waals surface area contributed by atoms with Crippen molar-refractivity contribution in [2.75, 3.05) is 16.8 Å². The molecule has 1 N–H and O–H groups in total. The Morgan fingerprint density at radius 3 is 2.29 bits per heavy atom. The van der Waals surface area contributed by atoms with Crippen LogP contribution in [0.1, 0.15) is 18.9 Å². The summed E-state index contributed by atoms with van der Waals surface area (Å²) in [7, 11) is 0. The van der Waals surface area contributed by atoms with Crippen LogP contribution in [-0.2, 0) is 9.59 Å². The molecule has 0 spiro atoms. The third-order valence-corrected chi connectivity index (χ3v) is 3.63. The number of carbonyl (C=O) groups is 2. The smallest absolute Gasteiger partial charge is 0.226 e. The molecule has 0 atom stereocenters. The molecule has 2 aromatic carbocycles. The minimum Gasteiger partial charge on any atom is -0.326 e. The average Bonchev–Trinajstić information content (AvgIpc) is 2.57. The van der Waals surface area contributed by atoms with Crippen molar-refractivity contribution in [3.05, 3.63) is 59.1 Å². The summed E-state index contributed by atoms with van der Waals surface area (Å²) in [5.41, 5.74) is 1.82. The molecule has 122 valence electrons. The number of hydrogen-bond donors (Lipinski definition) is 1. The number of carbonyl (C=O) groups excluding carboxylic acids is 2. The molecule has 2 rings (SSSR count). The normalized spacial score (nSPS) is 9.88. The van der Waals surface area contributed by atoms with Crippen molar-refractivity contribution in [1.82, 2.24) is 0 Å². The highest BCUT2D eigenvalue weighted by atomic mass is 35.5. The lowest BCUT2D eigenvalue weighted by atomic mass is 10.2. The number of anilines is 2. The first-order valence-electron chi connectivity index (χ1n) is 7.33. The van der Waals surface area contributed by atoms with Gasteiger partial charge in [-0.05, 0) is 48.5 Å². The summed E-state index contributed by atoms with van der Waals surface area (Å²) in [6, 6.07) is 15.5. The van der Waals surface area contributed by atoms with Gasteiger partial charge in [0.05, 0.1) is 11.6 Å². The van der Waals surface area contributed by atoms with Crippen molar-refractivity contribution < 1.29 is 9.59 Å². The van der Waals surface area contributed by atoms with Gasteiger partial charge in [0, 0.05) is 36.3 Å². The second kappa shape index (κ2) is 8.14. The predicted octanol–water partition coefficient (Wildman–Crippen LogP) is 3.59. The zero-order chi connectivity index (χ0) is 17.5. The molecule has 0 aliphatic rings. The lowest BCUT2D eigenvalue weighted by Gasteiger charge is -2.21. The fraction of sp³-hybridized carbons (Fsp3) is 0.167. The van der Waals surface area contributed by atoms with E-state index in [1.807, 2.05) is 6.07 Å². The van der Waals surface area contributed by atoms with E-state index in [0.717, 1.165) is 0 Å². The third-order valence-electron chi connectivity index (χ3n) is 3.38. The minimum atomic E-state index is -0.197. The first kappa shape index (κ1) is 17.5. The van der Waals surface area contributed by atoms with Crippen LogP contribution in [0.15, 0.2) is 48.5 Å². The topological polar surface area (TPSA) is 73.2 Å². The molecule has 0 saturated heterocycles. The van der Waals surface area contributed by atoms with Crippen molar-refractivity contribution in [3.63, 3.8) is 0 Å². The maximum Gasteiger partial charge on any atom is 0.226 e. The van der Waals surface area contributed by atoms with Gasteiger partial charge in [-0.25, -0.2) is 0 Å². The van der Waals surface area contributed by atoms with Crippen molar-refractivity contribution in [1.29, 1.82) is 5.26 Å². The van der Waals surface area contributed by atoms with E-state index in [-0.39, 0.29) is 24.8 Å². The van der Waals surface area contributed by atoms with E-state index in [1.165, 1.54) is 11.8 Å². The molecule has 2 aromatic rings. The number of nitriles is 1. The van der Waals surface area contributed by atoms with E-state index >= 15 is 0 Å². The van der Waals surface area contributed by atoms with Crippen molar-refractivity contribution in [2.24, 2.45) is 0 Å². The lowest BCUT2D eigenvalue weighted by molar-refractivity contribution is -0.117. The van der Waals surface area contributed by atoms with Crippen LogP contribution >= 0.6 is 11.6 Å². The molecular formula is C18H16ClN3O2. The molecule has 0 heterocycles. The summed E-state index contributed by atoms with van der Waals surface area (Å²) in [6.45, 7) is 1.69. The summed E-state index contributed by atoms with van der Waals surface area (Å²) in [5, 5.41) is 12.2. The van der Waals surface area contributed by atoms with E-state index in [1.54, 1.807) is 48.5 Å². The predicted molar refractivity (Wildman–Crippen MR) is 93.9 cm³/mol. The molecule has 0 aliphatic carbocycles. The van der Waals surface area contributed by atoms with Gasteiger partial charge < -0.3 is 10.2 Å². The molecular weight excluding hydrogens is 326 g/mol. The number of benzene rings is 2. The van der Waals surface area contributed by atoms with Crippen LogP contribution < -0.4 is 10.2 Å². The second-order valence-electron chi connectivity index (χ2n) is 5.13. The Morgan fingerprint density at radius 2 is 1.75 bits per heavy atom. The van der Waals surface area contributed by atoms with Crippen molar-refractivity contribution in [2.45, 2.75) is 13.3 Å². The highest BCUT2D eigenvalue weighted by Gasteiger charge is 2.13. The monoisotopic (exact) mass is 341 g/mol. The van der Waals surface area contributed by atoms with Gasteiger partial charge in [0.2, 0.25) is 11.8 Å². The molecule has 2 amide bonds. The third kappa shape index (κ3) is 4.83. The number of rotatable bonds is 5. The highest BCUT2D eigenvalue weighted by Crippen LogP contribution is 2.17. The van der Waals surface area contributed by atoms with Crippen LogP contribution in [0.3, 0.4) is 0 Å². The largest absolute Gasteiger partial charge is 0.326 e. The molecule has 24 heavy (non-hydrogen) atoms. The van der Waals surface area contributed by atoms with Gasteiger partial charge >= 0.3 is 0 Å². The van der Waals surface area contributed by atoms with Gasteiger partial charge in [-0.3, -0.25) is 9.59 Å². The van der Waals surface area contributed by atoms with Gasteiger partial charge in [0.25, 0.3) is 0 Å². The molecule has 0 saturated carbocycles. The van der Waals surface area contributed by atoms with Crippen molar-refractivity contribution >= 4 is 34.8 Å². The van der Waals surface area contributed by atoms with E-state index in [4.69, 9.17) is 16.9 Å². The Labute approximate surface area is 145 Å². The van der Waals surface area contributed by atoms with Crippen molar-refractivity contribution in [3.8, 4) is 6.07 Å². The Balaban J connectivity index is 1.98. The molecule has 0 aromatic heterocycles. The van der Waals surface area contributed by atoms with Gasteiger partial charge in [-0.15, -0.1) is 0 Å². The molecule has 6 heteroatoms. The van der Waals surface area contributed by atoms with Crippen LogP contribution in [0.5, 0.6) is 0 Å². The van der Waals surface area contributed by atoms with E-state index in [0.29, 0.717) is 22.0 Å². The Hall–Kier alpha value is -2.84. The van der Waals surface area contributed by atoms with Gasteiger partial charge in [0.15, 0.2) is 0 Å². The van der Waals surface area contributed by atoms with Crippen LogP contribution in [0.2, 0.25) is 5.02 Å². The Kier molecular flexibility index (Phi) is 5.94. The first-order chi connectivity index (χ1) is 11.5. The molecule has 0 bridgehead atoms. The van der Waals surface area contributed by atoms with Crippen LogP contribution in [0, 0.1) is 11.3 Å². The molecule has 0 unspecified atom stereocenters. The van der Waals surface area contributed by atoms with E-state index < -0.39 is 0 Å². The molecule has 0 radical (unpaired) electrons. The number of nitrogens with zero attached hydrogens (tertiary/aromatic N) is 2. The van der Waals surface area contributed by atoms with Gasteiger partial charge in [0.1, 0.15) is 0 Å². The number of nitrogens with one attached hydrogen (secondary N) is 1. The Morgan fingerprint density at radius 1 is 1.12 bits per heavy atom. The van der Waals surface area contributed by atoms with E-state index in [9.17, 15) is 9.59 Å². The maximum absolute atomic E-state index is 12.0. The summed E-state index contributed by atoms with van der Waals surface area (Å²) in [6.07, 6.45) is 0.155. The molecule has 5 nitrogen and oxygen atoms in total. The van der Waals surface area contributed by atoms with Gasteiger partial charge in [-0.2, -0.15) is 5.26 Å². The second-order valence-corrected chi connectivity index (χ2v) is 5.57. The number of amides is 2. The van der Waals surface area contributed by atoms with Crippen LogP contribution in [0.25, 0.3) is 0 Å². The zero-order valence-electron chi connectivity index (χ0n) is 13.1. The summed E-state index contributed by atoms with van der Waals surface area (Å²) < 4.78 is 0. The average molecular weight is 342 g/mol. The fourth-order valence-corrected chi connectivity index (χ4v) is 2.28. The molecule has 0 fully saturated rings. The highest BCUT2D eigenvalue weighted by molar-refractivity contribution is 6.30. The summed E-state index contributed by atoms with van der Waals surface area (Å²) >= 11 is 5.80. The number of hydrogen-bond acceptors (Lipinski definition) is 3. The molecule has 0 aliphatic heterocycles. The SMILES string of the molecule is CC(=O)N(CCC(=O)Nc1ccc(Cl)cc1)c1ccc(C#N)cc1. The first-order valence-corrected chi connectivity index (χ1v) is 7.71. The van der Waals surface area contributed by atoms with Crippen LogP contribution in [0.4, 0.5) is 11.4 Å². The van der Waals surface area contributed by atoms with Crippen LogP contribution in [-0.4, -0.2) is 18.4 Å². The Bertz CT molecular complexity index is 764. The quantitative estimate of drug-likeness (QED) is 0.903. The lowest BCUT2D eigenvalue weighted by Crippen LogP contribution is -2.31.